The molecule has 154 valence electrons. The highest BCUT2D eigenvalue weighted by atomic mass is 32.1. The van der Waals surface area contributed by atoms with Gasteiger partial charge in [-0.05, 0) is 25.1 Å². The van der Waals surface area contributed by atoms with Crippen molar-refractivity contribution in [3.05, 3.63) is 95.1 Å². The van der Waals surface area contributed by atoms with Gasteiger partial charge in [-0.1, -0.05) is 71.5 Å². The summed E-state index contributed by atoms with van der Waals surface area (Å²) in [5, 5.41) is 3.06. The SMILES string of the molecule is Cc1ccc(C(=O)c2ccccc2C(=O)OCC(=O)Nc2nc3ccccc3s2)cc1. The van der Waals surface area contributed by atoms with Gasteiger partial charge in [0.2, 0.25) is 0 Å². The third kappa shape index (κ3) is 4.67. The van der Waals surface area contributed by atoms with E-state index < -0.39 is 18.5 Å². The van der Waals surface area contributed by atoms with E-state index in [-0.39, 0.29) is 16.9 Å². The van der Waals surface area contributed by atoms with E-state index in [1.807, 2.05) is 43.3 Å². The van der Waals surface area contributed by atoms with E-state index in [0.717, 1.165) is 15.8 Å². The van der Waals surface area contributed by atoms with Gasteiger partial charge in [0.15, 0.2) is 17.5 Å². The molecule has 0 spiro atoms. The first kappa shape index (κ1) is 20.4. The minimum Gasteiger partial charge on any atom is -0.452 e. The number of benzene rings is 3. The van der Waals surface area contributed by atoms with Crippen molar-refractivity contribution in [2.75, 3.05) is 11.9 Å². The quantitative estimate of drug-likeness (QED) is 0.356. The Kier molecular flexibility index (Phi) is 5.86. The number of thiazole rings is 1. The summed E-state index contributed by atoms with van der Waals surface area (Å²) in [6.45, 7) is 1.45. The van der Waals surface area contributed by atoms with Crippen LogP contribution in [0.3, 0.4) is 0 Å². The largest absolute Gasteiger partial charge is 0.452 e. The van der Waals surface area contributed by atoms with Crippen LogP contribution in [0.4, 0.5) is 5.13 Å². The molecule has 0 atom stereocenters. The summed E-state index contributed by atoms with van der Waals surface area (Å²) in [6.07, 6.45) is 0. The number of aromatic nitrogens is 1. The molecule has 7 heteroatoms. The fourth-order valence-corrected chi connectivity index (χ4v) is 3.89. The molecule has 1 N–H and O–H groups in total. The van der Waals surface area contributed by atoms with Crippen molar-refractivity contribution in [2.24, 2.45) is 0 Å². The lowest BCUT2D eigenvalue weighted by atomic mass is 9.98. The van der Waals surface area contributed by atoms with Crippen molar-refractivity contribution in [1.82, 2.24) is 4.98 Å². The predicted molar refractivity (Wildman–Crippen MR) is 120 cm³/mol. The van der Waals surface area contributed by atoms with Gasteiger partial charge in [0, 0.05) is 11.1 Å². The highest BCUT2D eigenvalue weighted by Crippen LogP contribution is 2.25. The zero-order valence-corrected chi connectivity index (χ0v) is 17.4. The molecular weight excluding hydrogens is 412 g/mol. The molecule has 3 aromatic carbocycles. The molecule has 0 aliphatic carbocycles. The summed E-state index contributed by atoms with van der Waals surface area (Å²) in [4.78, 5) is 42.0. The molecule has 0 unspecified atom stereocenters. The van der Waals surface area contributed by atoms with Crippen LogP contribution in [0.2, 0.25) is 0 Å². The maximum atomic E-state index is 12.9. The monoisotopic (exact) mass is 430 g/mol. The number of anilines is 1. The first-order chi connectivity index (χ1) is 15.0. The van der Waals surface area contributed by atoms with Crippen LogP contribution in [0, 0.1) is 6.92 Å². The van der Waals surface area contributed by atoms with E-state index in [2.05, 4.69) is 10.3 Å². The minimum atomic E-state index is -0.740. The second kappa shape index (κ2) is 8.89. The predicted octanol–water partition coefficient (Wildman–Crippen LogP) is 4.63. The topological polar surface area (TPSA) is 85.4 Å². The molecule has 4 rings (SSSR count). The Balaban J connectivity index is 1.43. The molecule has 1 amide bonds. The molecule has 1 heterocycles. The van der Waals surface area contributed by atoms with E-state index in [0.29, 0.717) is 10.7 Å². The number of ketones is 1. The summed E-state index contributed by atoms with van der Waals surface area (Å²) >= 11 is 1.33. The van der Waals surface area contributed by atoms with E-state index >= 15 is 0 Å². The summed E-state index contributed by atoms with van der Waals surface area (Å²) in [5.41, 5.74) is 2.62. The van der Waals surface area contributed by atoms with Gasteiger partial charge in [-0.15, -0.1) is 0 Å². The fraction of sp³-hybridized carbons (Fsp3) is 0.0833. The van der Waals surface area contributed by atoms with Crippen LogP contribution >= 0.6 is 11.3 Å². The van der Waals surface area contributed by atoms with Gasteiger partial charge in [0.25, 0.3) is 5.91 Å². The number of nitrogens with zero attached hydrogens (tertiary/aromatic N) is 1. The Bertz CT molecular complexity index is 1250. The van der Waals surface area contributed by atoms with Gasteiger partial charge in [0.05, 0.1) is 15.8 Å². The van der Waals surface area contributed by atoms with Gasteiger partial charge < -0.3 is 4.74 Å². The number of carbonyl (C=O) groups is 3. The first-order valence-corrected chi connectivity index (χ1v) is 10.4. The molecule has 0 bridgehead atoms. The molecule has 0 radical (unpaired) electrons. The lowest BCUT2D eigenvalue weighted by Gasteiger charge is -2.09. The van der Waals surface area contributed by atoms with Gasteiger partial charge in [-0.2, -0.15) is 0 Å². The number of carbonyl (C=O) groups excluding carboxylic acids is 3. The van der Waals surface area contributed by atoms with Gasteiger partial charge in [-0.3, -0.25) is 14.9 Å². The standard InChI is InChI=1S/C24H18N2O4S/c1-15-10-12-16(13-11-15)22(28)17-6-2-3-7-18(17)23(29)30-14-21(27)26-24-25-19-8-4-5-9-20(19)31-24/h2-13H,14H2,1H3,(H,25,26,27). The van der Waals surface area contributed by atoms with E-state index in [9.17, 15) is 14.4 Å². The maximum absolute atomic E-state index is 12.9. The third-order valence-electron chi connectivity index (χ3n) is 4.58. The Morgan fingerprint density at radius 3 is 2.32 bits per heavy atom. The summed E-state index contributed by atoms with van der Waals surface area (Å²) in [6, 6.07) is 21.0. The van der Waals surface area contributed by atoms with Crippen LogP contribution in [-0.4, -0.2) is 29.3 Å². The molecule has 31 heavy (non-hydrogen) atoms. The van der Waals surface area contributed by atoms with Gasteiger partial charge >= 0.3 is 5.97 Å². The number of ether oxygens (including phenoxy) is 1. The lowest BCUT2D eigenvalue weighted by Crippen LogP contribution is -2.22. The molecule has 0 saturated carbocycles. The zero-order valence-electron chi connectivity index (χ0n) is 16.6. The number of hydrogen-bond acceptors (Lipinski definition) is 6. The second-order valence-electron chi connectivity index (χ2n) is 6.85. The number of nitrogens with one attached hydrogen (secondary N) is 1. The van der Waals surface area contributed by atoms with Crippen molar-refractivity contribution < 1.29 is 19.1 Å². The number of para-hydroxylation sites is 1. The van der Waals surface area contributed by atoms with Crippen LogP contribution in [0.25, 0.3) is 10.2 Å². The highest BCUT2D eigenvalue weighted by Gasteiger charge is 2.20. The number of aryl methyl sites for hydroxylation is 1. The molecule has 4 aromatic rings. The molecule has 0 aliphatic rings. The third-order valence-corrected chi connectivity index (χ3v) is 5.53. The first-order valence-electron chi connectivity index (χ1n) is 9.54. The number of esters is 1. The number of hydrogen-bond donors (Lipinski definition) is 1. The van der Waals surface area contributed by atoms with Crippen molar-refractivity contribution >= 4 is 44.3 Å². The smallest absolute Gasteiger partial charge is 0.339 e. The van der Waals surface area contributed by atoms with Crippen LogP contribution in [-0.2, 0) is 9.53 Å². The van der Waals surface area contributed by atoms with Gasteiger partial charge in [-0.25, -0.2) is 9.78 Å². The van der Waals surface area contributed by atoms with Crippen LogP contribution in [0.5, 0.6) is 0 Å². The molecule has 1 aromatic heterocycles. The minimum absolute atomic E-state index is 0.112. The molecule has 0 fully saturated rings. The lowest BCUT2D eigenvalue weighted by molar-refractivity contribution is -0.119. The summed E-state index contributed by atoms with van der Waals surface area (Å²) in [5.74, 6) is -1.53. The molecular formula is C24H18N2O4S. The number of amides is 1. The Hall–Kier alpha value is -3.84. The van der Waals surface area contributed by atoms with E-state index in [1.54, 1.807) is 30.3 Å². The Morgan fingerprint density at radius 2 is 1.58 bits per heavy atom. The average Bonchev–Trinajstić information content (AvgIpc) is 3.19. The van der Waals surface area contributed by atoms with E-state index in [1.165, 1.54) is 17.4 Å². The van der Waals surface area contributed by atoms with Crippen LogP contribution < -0.4 is 5.32 Å². The molecule has 6 nitrogen and oxygen atoms in total. The number of rotatable bonds is 6. The second-order valence-corrected chi connectivity index (χ2v) is 7.88. The Labute approximate surface area is 182 Å². The Morgan fingerprint density at radius 1 is 0.903 bits per heavy atom. The zero-order chi connectivity index (χ0) is 21.8. The highest BCUT2D eigenvalue weighted by molar-refractivity contribution is 7.22. The average molecular weight is 430 g/mol. The van der Waals surface area contributed by atoms with Crippen molar-refractivity contribution in [3.8, 4) is 0 Å². The molecule has 0 aliphatic heterocycles. The van der Waals surface area contributed by atoms with Crippen LogP contribution in [0.1, 0.15) is 31.8 Å². The summed E-state index contributed by atoms with van der Waals surface area (Å²) < 4.78 is 6.10. The summed E-state index contributed by atoms with van der Waals surface area (Å²) in [7, 11) is 0. The van der Waals surface area contributed by atoms with Crippen molar-refractivity contribution in [1.29, 1.82) is 0 Å². The van der Waals surface area contributed by atoms with Crippen molar-refractivity contribution in [3.63, 3.8) is 0 Å². The normalized spacial score (nSPS) is 10.6. The molecule has 0 saturated heterocycles. The van der Waals surface area contributed by atoms with Crippen molar-refractivity contribution in [2.45, 2.75) is 6.92 Å². The van der Waals surface area contributed by atoms with Gasteiger partial charge in [0.1, 0.15) is 0 Å². The maximum Gasteiger partial charge on any atom is 0.339 e. The fourth-order valence-electron chi connectivity index (χ4n) is 3.01. The van der Waals surface area contributed by atoms with Crippen LogP contribution in [0.15, 0.2) is 72.8 Å². The van der Waals surface area contributed by atoms with E-state index in [4.69, 9.17) is 4.74 Å². The number of fused-ring (bicyclic) bond motifs is 1.